The van der Waals surface area contributed by atoms with Crippen molar-refractivity contribution in [1.82, 2.24) is 4.90 Å². The Balaban J connectivity index is 3.01. The summed E-state index contributed by atoms with van der Waals surface area (Å²) in [6.07, 6.45) is 0.638. The number of nitriles is 1. The Kier molecular flexibility index (Phi) is 5.44. The summed E-state index contributed by atoms with van der Waals surface area (Å²) < 4.78 is 0.999. The summed E-state index contributed by atoms with van der Waals surface area (Å²) in [5.74, 6) is 0. The van der Waals surface area contributed by atoms with Crippen LogP contribution in [0.15, 0.2) is 0 Å². The fourth-order valence-electron chi connectivity index (χ4n) is 0.301. The van der Waals surface area contributed by atoms with Gasteiger partial charge in [-0.2, -0.15) is 5.26 Å². The van der Waals surface area contributed by atoms with E-state index in [1.165, 1.54) is 0 Å². The summed E-state index contributed by atoms with van der Waals surface area (Å²) in [5.41, 5.74) is 0. The second kappa shape index (κ2) is 5.32. The minimum absolute atomic E-state index is 0.638. The van der Waals surface area contributed by atoms with Gasteiger partial charge in [0.15, 0.2) is 0 Å². The molecule has 0 heterocycles. The molecule has 0 aliphatic heterocycles. The molecule has 3 heteroatoms. The molecule has 0 aromatic carbocycles. The fourth-order valence-corrected chi connectivity index (χ4v) is 0.642. The predicted octanol–water partition coefficient (Wildman–Crippen LogP) is 1.22. The first-order valence-electron chi connectivity index (χ1n) is 2.42. The molecule has 0 amide bonds. The van der Waals surface area contributed by atoms with E-state index in [4.69, 9.17) is 5.26 Å². The molecule has 0 aromatic rings. The molecular formula is C5H9IN2. The third-order valence-electron chi connectivity index (χ3n) is 0.809. The highest BCUT2D eigenvalue weighted by Crippen LogP contribution is 1.89. The van der Waals surface area contributed by atoms with E-state index in [9.17, 15) is 0 Å². The van der Waals surface area contributed by atoms with Crippen molar-refractivity contribution in [3.05, 3.63) is 0 Å². The molecule has 2 nitrogen and oxygen atoms in total. The third-order valence-corrected chi connectivity index (χ3v) is 1.97. The topological polar surface area (TPSA) is 27.0 Å². The number of hydrogen-bond donors (Lipinski definition) is 0. The van der Waals surface area contributed by atoms with Crippen LogP contribution in [0.5, 0.6) is 0 Å². The first-order valence-corrected chi connectivity index (χ1v) is 3.95. The van der Waals surface area contributed by atoms with Crippen LogP contribution < -0.4 is 0 Å². The van der Waals surface area contributed by atoms with Gasteiger partial charge < -0.3 is 0 Å². The van der Waals surface area contributed by atoms with Gasteiger partial charge in [0.2, 0.25) is 0 Å². The Hall–Kier alpha value is 0.180. The molecule has 8 heavy (non-hydrogen) atoms. The lowest BCUT2D eigenvalue weighted by Crippen LogP contribution is -2.16. The molecule has 0 N–H and O–H groups in total. The normalized spacial score (nSPS) is 9.25. The van der Waals surface area contributed by atoms with Crippen LogP contribution in [0.1, 0.15) is 6.42 Å². The van der Waals surface area contributed by atoms with Crippen LogP contribution in [0.4, 0.5) is 0 Å². The Bertz CT molecular complexity index is 86.9. The summed E-state index contributed by atoms with van der Waals surface area (Å²) in [7, 11) is 2.00. The molecule has 0 radical (unpaired) electrons. The summed E-state index contributed by atoms with van der Waals surface area (Å²) in [4.78, 5) is 2.10. The highest BCUT2D eigenvalue weighted by molar-refractivity contribution is 14.1. The van der Waals surface area contributed by atoms with E-state index >= 15 is 0 Å². The van der Waals surface area contributed by atoms with Crippen molar-refractivity contribution in [2.45, 2.75) is 6.42 Å². The molecule has 0 spiro atoms. The minimum Gasteiger partial charge on any atom is -0.296 e. The molecule has 0 aliphatic rings. The van der Waals surface area contributed by atoms with Crippen molar-refractivity contribution in [3.8, 4) is 6.07 Å². The smallest absolute Gasteiger partial charge is 0.0635 e. The molecule has 0 aliphatic carbocycles. The van der Waals surface area contributed by atoms with E-state index < -0.39 is 0 Å². The second-order valence-corrected chi connectivity index (χ2v) is 2.29. The first kappa shape index (κ1) is 8.18. The van der Waals surface area contributed by atoms with Gasteiger partial charge in [0.05, 0.1) is 10.6 Å². The van der Waals surface area contributed by atoms with E-state index in [0.29, 0.717) is 6.42 Å². The van der Waals surface area contributed by atoms with Crippen LogP contribution in [-0.4, -0.2) is 23.0 Å². The molecule has 0 atom stereocenters. The second-order valence-electron chi connectivity index (χ2n) is 1.61. The molecule has 0 rings (SSSR count). The van der Waals surface area contributed by atoms with Crippen molar-refractivity contribution in [2.24, 2.45) is 0 Å². The van der Waals surface area contributed by atoms with Crippen molar-refractivity contribution in [1.29, 1.82) is 5.26 Å². The lowest BCUT2D eigenvalue weighted by Gasteiger charge is -2.08. The zero-order valence-electron chi connectivity index (χ0n) is 4.89. The lowest BCUT2D eigenvalue weighted by atomic mass is 10.4. The number of rotatable bonds is 3. The van der Waals surface area contributed by atoms with E-state index in [2.05, 4.69) is 33.6 Å². The summed E-state index contributed by atoms with van der Waals surface area (Å²) in [6.45, 7) is 0.888. The fraction of sp³-hybridized carbons (Fsp3) is 0.800. The summed E-state index contributed by atoms with van der Waals surface area (Å²) in [5, 5.41) is 8.13. The Morgan fingerprint density at radius 1 is 1.75 bits per heavy atom. The molecule has 46 valence electrons. The number of alkyl halides is 1. The molecular weight excluding hydrogens is 215 g/mol. The largest absolute Gasteiger partial charge is 0.296 e. The quantitative estimate of drug-likeness (QED) is 0.409. The van der Waals surface area contributed by atoms with Crippen molar-refractivity contribution in [2.75, 3.05) is 18.1 Å². The van der Waals surface area contributed by atoms with Crippen LogP contribution >= 0.6 is 22.6 Å². The zero-order chi connectivity index (χ0) is 6.41. The van der Waals surface area contributed by atoms with Crippen LogP contribution in [0, 0.1) is 11.3 Å². The van der Waals surface area contributed by atoms with Gasteiger partial charge in [-0.05, 0) is 7.05 Å². The predicted molar refractivity (Wildman–Crippen MR) is 41.7 cm³/mol. The highest BCUT2D eigenvalue weighted by Gasteiger charge is 1.90. The maximum atomic E-state index is 8.13. The summed E-state index contributed by atoms with van der Waals surface area (Å²) in [6, 6.07) is 2.09. The Morgan fingerprint density at radius 3 is 2.75 bits per heavy atom. The van der Waals surface area contributed by atoms with Gasteiger partial charge in [-0.15, -0.1) is 0 Å². The monoisotopic (exact) mass is 224 g/mol. The lowest BCUT2D eigenvalue weighted by molar-refractivity contribution is 0.411. The summed E-state index contributed by atoms with van der Waals surface area (Å²) >= 11 is 2.27. The average molecular weight is 224 g/mol. The minimum atomic E-state index is 0.638. The van der Waals surface area contributed by atoms with E-state index in [1.807, 2.05) is 7.05 Å². The van der Waals surface area contributed by atoms with Gasteiger partial charge in [0.25, 0.3) is 0 Å². The standard InChI is InChI=1S/C5H9IN2/c1-8(5-6)4-2-3-7/h2,4-5H2,1H3. The van der Waals surface area contributed by atoms with Gasteiger partial charge in [-0.25, -0.2) is 0 Å². The SMILES string of the molecule is CN(CI)CCC#N. The van der Waals surface area contributed by atoms with Gasteiger partial charge in [-0.3, -0.25) is 4.90 Å². The third kappa shape index (κ3) is 4.34. The molecule has 0 fully saturated rings. The zero-order valence-corrected chi connectivity index (χ0v) is 7.05. The number of hydrogen-bond acceptors (Lipinski definition) is 2. The van der Waals surface area contributed by atoms with Gasteiger partial charge in [0, 0.05) is 13.0 Å². The van der Waals surface area contributed by atoms with E-state index in [-0.39, 0.29) is 0 Å². The Morgan fingerprint density at radius 2 is 2.38 bits per heavy atom. The Labute approximate surface area is 63.6 Å². The van der Waals surface area contributed by atoms with Crippen molar-refractivity contribution < 1.29 is 0 Å². The van der Waals surface area contributed by atoms with Crippen LogP contribution in [0.2, 0.25) is 0 Å². The number of nitrogens with zero attached hydrogens (tertiary/aromatic N) is 2. The van der Waals surface area contributed by atoms with Crippen LogP contribution in [0.25, 0.3) is 0 Å². The molecule has 0 saturated heterocycles. The maximum Gasteiger partial charge on any atom is 0.0635 e. The van der Waals surface area contributed by atoms with E-state index in [1.54, 1.807) is 0 Å². The van der Waals surface area contributed by atoms with Gasteiger partial charge in [-0.1, -0.05) is 22.6 Å². The molecule has 0 unspecified atom stereocenters. The highest BCUT2D eigenvalue weighted by atomic mass is 127. The van der Waals surface area contributed by atoms with E-state index in [0.717, 1.165) is 11.1 Å². The molecule has 0 bridgehead atoms. The molecule has 0 saturated carbocycles. The van der Waals surface area contributed by atoms with Crippen molar-refractivity contribution in [3.63, 3.8) is 0 Å². The number of halogens is 1. The first-order chi connectivity index (χ1) is 3.81. The van der Waals surface area contributed by atoms with Crippen molar-refractivity contribution >= 4 is 22.6 Å². The van der Waals surface area contributed by atoms with Gasteiger partial charge in [0.1, 0.15) is 0 Å². The van der Waals surface area contributed by atoms with Gasteiger partial charge >= 0.3 is 0 Å². The van der Waals surface area contributed by atoms with Crippen LogP contribution in [0.3, 0.4) is 0 Å². The molecule has 0 aromatic heterocycles. The average Bonchev–Trinajstić information content (AvgIpc) is 1.83. The maximum absolute atomic E-state index is 8.13. The van der Waals surface area contributed by atoms with Crippen LogP contribution in [-0.2, 0) is 0 Å².